The summed E-state index contributed by atoms with van der Waals surface area (Å²) in [6.07, 6.45) is 0. The molecule has 0 N–H and O–H groups in total. The van der Waals surface area contributed by atoms with Crippen molar-refractivity contribution in [1.82, 2.24) is 0 Å². The highest BCUT2D eigenvalue weighted by molar-refractivity contribution is 6.30. The molecule has 1 aliphatic heterocycles. The van der Waals surface area contributed by atoms with E-state index in [2.05, 4.69) is 0 Å². The normalized spacial score (nSPS) is 27.2. The van der Waals surface area contributed by atoms with Crippen LogP contribution in [0.1, 0.15) is 5.56 Å². The molecule has 1 aliphatic rings. The Morgan fingerprint density at radius 2 is 1.92 bits per heavy atom. The molecule has 64 valence electrons. The molecule has 0 bridgehead atoms. The number of alkyl halides is 1. The summed E-state index contributed by atoms with van der Waals surface area (Å²) >= 11 is 11.5. The number of benzene rings is 1. The van der Waals surface area contributed by atoms with E-state index in [9.17, 15) is 0 Å². The van der Waals surface area contributed by atoms with Gasteiger partial charge in [0.15, 0.2) is 0 Å². The largest absolute Gasteiger partial charge is 0.363 e. The first-order valence-electron chi connectivity index (χ1n) is 3.73. The molecular formula is C9H8Cl2O. The minimum absolute atomic E-state index is 0.216. The Balaban J connectivity index is 2.29. The first-order valence-corrected chi connectivity index (χ1v) is 4.64. The van der Waals surface area contributed by atoms with Crippen LogP contribution in [-0.4, -0.2) is 12.5 Å². The number of rotatable bonds is 2. The summed E-state index contributed by atoms with van der Waals surface area (Å²) in [6.45, 7) is 0.720. The lowest BCUT2D eigenvalue weighted by Gasteiger charge is -2.07. The van der Waals surface area contributed by atoms with Gasteiger partial charge in [0.1, 0.15) is 5.60 Å². The number of hydrogen-bond acceptors (Lipinski definition) is 1. The van der Waals surface area contributed by atoms with Crippen LogP contribution in [0.3, 0.4) is 0 Å². The topological polar surface area (TPSA) is 12.5 Å². The molecule has 0 saturated carbocycles. The number of hydrogen-bond donors (Lipinski definition) is 0. The summed E-state index contributed by atoms with van der Waals surface area (Å²) in [7, 11) is 0. The van der Waals surface area contributed by atoms with Crippen molar-refractivity contribution in [2.24, 2.45) is 0 Å². The van der Waals surface area contributed by atoms with Gasteiger partial charge in [-0.15, -0.1) is 11.6 Å². The average Bonchev–Trinajstić information content (AvgIpc) is 2.86. The fraction of sp³-hybridized carbons (Fsp3) is 0.333. The summed E-state index contributed by atoms with van der Waals surface area (Å²) < 4.78 is 5.30. The monoisotopic (exact) mass is 202 g/mol. The van der Waals surface area contributed by atoms with Gasteiger partial charge in [0.05, 0.1) is 12.5 Å². The average molecular weight is 203 g/mol. The summed E-state index contributed by atoms with van der Waals surface area (Å²) in [5.74, 6) is 0.509. The van der Waals surface area contributed by atoms with E-state index < -0.39 is 0 Å². The van der Waals surface area contributed by atoms with Crippen molar-refractivity contribution in [3.63, 3.8) is 0 Å². The molecular weight excluding hydrogens is 195 g/mol. The molecule has 0 aromatic heterocycles. The van der Waals surface area contributed by atoms with Gasteiger partial charge >= 0.3 is 0 Å². The Morgan fingerprint density at radius 3 is 2.33 bits per heavy atom. The third-order valence-electron chi connectivity index (χ3n) is 2.08. The lowest BCUT2D eigenvalue weighted by molar-refractivity contribution is 0.332. The third-order valence-corrected chi connectivity index (χ3v) is 2.76. The van der Waals surface area contributed by atoms with Gasteiger partial charge in [0, 0.05) is 5.02 Å². The van der Waals surface area contributed by atoms with Crippen LogP contribution >= 0.6 is 23.2 Å². The molecule has 1 heterocycles. The van der Waals surface area contributed by atoms with E-state index in [-0.39, 0.29) is 5.60 Å². The summed E-state index contributed by atoms with van der Waals surface area (Å²) in [5.41, 5.74) is 0.897. The zero-order chi connectivity index (χ0) is 8.60. The Bertz CT molecular complexity index is 277. The quantitative estimate of drug-likeness (QED) is 0.531. The molecule has 1 aromatic rings. The van der Waals surface area contributed by atoms with E-state index in [0.29, 0.717) is 5.88 Å². The molecule has 2 rings (SSSR count). The highest BCUT2D eigenvalue weighted by Crippen LogP contribution is 2.39. The van der Waals surface area contributed by atoms with Crippen molar-refractivity contribution >= 4 is 23.2 Å². The first-order chi connectivity index (χ1) is 5.77. The first kappa shape index (κ1) is 8.36. The lowest BCUT2D eigenvalue weighted by Crippen LogP contribution is -2.09. The molecule has 0 aliphatic carbocycles. The van der Waals surface area contributed by atoms with Crippen LogP contribution in [0.15, 0.2) is 24.3 Å². The molecule has 1 unspecified atom stereocenters. The number of ether oxygens (including phenoxy) is 1. The van der Waals surface area contributed by atoms with Crippen LogP contribution in [0.4, 0.5) is 0 Å². The molecule has 0 spiro atoms. The third kappa shape index (κ3) is 1.33. The zero-order valence-electron chi connectivity index (χ0n) is 6.39. The van der Waals surface area contributed by atoms with Crippen molar-refractivity contribution in [2.45, 2.75) is 5.60 Å². The van der Waals surface area contributed by atoms with Gasteiger partial charge in [-0.3, -0.25) is 0 Å². The number of epoxide rings is 1. The molecule has 1 nitrogen and oxygen atoms in total. The fourth-order valence-electron chi connectivity index (χ4n) is 1.16. The van der Waals surface area contributed by atoms with Crippen LogP contribution < -0.4 is 0 Å². The number of halogens is 2. The van der Waals surface area contributed by atoms with Crippen LogP contribution in [-0.2, 0) is 10.3 Å². The van der Waals surface area contributed by atoms with Gasteiger partial charge in [-0.2, -0.15) is 0 Å². The molecule has 1 saturated heterocycles. The Morgan fingerprint density at radius 1 is 1.33 bits per heavy atom. The summed E-state index contributed by atoms with van der Waals surface area (Å²) in [4.78, 5) is 0. The van der Waals surface area contributed by atoms with Crippen LogP contribution in [0, 0.1) is 0 Å². The van der Waals surface area contributed by atoms with Gasteiger partial charge in [-0.05, 0) is 17.7 Å². The Labute approximate surface area is 81.2 Å². The molecule has 0 amide bonds. The highest BCUT2D eigenvalue weighted by atomic mass is 35.5. The van der Waals surface area contributed by atoms with Crippen molar-refractivity contribution in [3.05, 3.63) is 34.9 Å². The molecule has 1 fully saturated rings. The Kier molecular flexibility index (Phi) is 2.03. The van der Waals surface area contributed by atoms with Gasteiger partial charge < -0.3 is 4.74 Å². The second kappa shape index (κ2) is 2.91. The molecule has 1 aromatic carbocycles. The molecule has 3 heteroatoms. The second-order valence-electron chi connectivity index (χ2n) is 2.92. The van der Waals surface area contributed by atoms with Gasteiger partial charge in [-0.25, -0.2) is 0 Å². The highest BCUT2D eigenvalue weighted by Gasteiger charge is 2.45. The molecule has 12 heavy (non-hydrogen) atoms. The van der Waals surface area contributed by atoms with Gasteiger partial charge in [-0.1, -0.05) is 23.7 Å². The second-order valence-corrected chi connectivity index (χ2v) is 3.63. The van der Waals surface area contributed by atoms with Gasteiger partial charge in [0.25, 0.3) is 0 Å². The molecule has 1 atom stereocenters. The van der Waals surface area contributed by atoms with E-state index >= 15 is 0 Å². The van der Waals surface area contributed by atoms with E-state index in [0.717, 1.165) is 17.2 Å². The standard InChI is InChI=1S/C9H8Cl2O/c10-5-9(6-12-9)7-1-3-8(11)4-2-7/h1-4H,5-6H2. The van der Waals surface area contributed by atoms with E-state index in [1.54, 1.807) is 0 Å². The van der Waals surface area contributed by atoms with Crippen LogP contribution in [0.5, 0.6) is 0 Å². The predicted octanol–water partition coefficient (Wildman–Crippen LogP) is 2.80. The predicted molar refractivity (Wildman–Crippen MR) is 49.8 cm³/mol. The van der Waals surface area contributed by atoms with E-state index in [1.807, 2.05) is 24.3 Å². The SMILES string of the molecule is ClCC1(c2ccc(Cl)cc2)CO1. The van der Waals surface area contributed by atoms with Gasteiger partial charge in [0.2, 0.25) is 0 Å². The minimum atomic E-state index is -0.216. The fourth-order valence-corrected chi connectivity index (χ4v) is 1.60. The van der Waals surface area contributed by atoms with Crippen molar-refractivity contribution in [2.75, 3.05) is 12.5 Å². The minimum Gasteiger partial charge on any atom is -0.363 e. The van der Waals surface area contributed by atoms with E-state index in [1.165, 1.54) is 0 Å². The maximum Gasteiger partial charge on any atom is 0.130 e. The summed E-state index contributed by atoms with van der Waals surface area (Å²) in [5, 5.41) is 0.740. The van der Waals surface area contributed by atoms with Crippen molar-refractivity contribution in [1.29, 1.82) is 0 Å². The van der Waals surface area contributed by atoms with E-state index in [4.69, 9.17) is 27.9 Å². The maximum atomic E-state index is 5.77. The van der Waals surface area contributed by atoms with Crippen molar-refractivity contribution < 1.29 is 4.74 Å². The smallest absolute Gasteiger partial charge is 0.130 e. The van der Waals surface area contributed by atoms with Crippen LogP contribution in [0.25, 0.3) is 0 Å². The summed E-state index contributed by atoms with van der Waals surface area (Å²) in [6, 6.07) is 7.62. The lowest BCUT2D eigenvalue weighted by atomic mass is 10.0. The van der Waals surface area contributed by atoms with Crippen molar-refractivity contribution in [3.8, 4) is 0 Å². The Hall–Kier alpha value is -0.240. The van der Waals surface area contributed by atoms with Crippen LogP contribution in [0.2, 0.25) is 5.02 Å². The maximum absolute atomic E-state index is 5.77. The molecule has 0 radical (unpaired) electrons. The zero-order valence-corrected chi connectivity index (χ0v) is 7.90.